The summed E-state index contributed by atoms with van der Waals surface area (Å²) in [5.74, 6) is 0.350. The zero-order chi connectivity index (χ0) is 9.14. The molecule has 3 nitrogen and oxygen atoms in total. The molecule has 0 aromatic heterocycles. The van der Waals surface area contributed by atoms with Crippen molar-refractivity contribution in [2.45, 2.75) is 13.8 Å². The second-order valence-corrected chi connectivity index (χ2v) is 2.73. The van der Waals surface area contributed by atoms with Crippen LogP contribution in [-0.4, -0.2) is 7.32 Å². The average Bonchev–Trinajstić information content (AvgIpc) is 1.81. The van der Waals surface area contributed by atoms with E-state index < -0.39 is 7.32 Å². The van der Waals surface area contributed by atoms with E-state index in [2.05, 4.69) is 4.65 Å². The van der Waals surface area contributed by atoms with Crippen molar-refractivity contribution in [1.29, 1.82) is 0 Å². The van der Waals surface area contributed by atoms with Crippen molar-refractivity contribution >= 4 is 7.32 Å². The molecule has 1 rings (SSSR count). The van der Waals surface area contributed by atoms with Crippen molar-refractivity contribution < 1.29 is 73.8 Å². The third-order valence-electron chi connectivity index (χ3n) is 1.43. The van der Waals surface area contributed by atoms with Crippen LogP contribution in [0.2, 0.25) is 0 Å². The molecule has 14 heavy (non-hydrogen) atoms. The van der Waals surface area contributed by atoms with E-state index in [1.54, 1.807) is 12.1 Å². The van der Waals surface area contributed by atoms with Crippen LogP contribution >= 0.6 is 0 Å². The van der Waals surface area contributed by atoms with Gasteiger partial charge in [-0.05, 0) is 37.1 Å². The second-order valence-electron chi connectivity index (χ2n) is 2.73. The Kier molecular flexibility index (Phi) is 10.2. The third-order valence-corrected chi connectivity index (χ3v) is 1.43. The Balaban J connectivity index is 0. The standard InChI is InChI=1S/C8H9BO3.2Na/c1-6-3-7(2)5-8(4-6)12-9(10)11;;/h3-5H,1-2H3;;/q-2;2*+1. The fourth-order valence-electron chi connectivity index (χ4n) is 1.11. The van der Waals surface area contributed by atoms with Gasteiger partial charge in [-0.3, -0.25) is 0 Å². The van der Waals surface area contributed by atoms with Gasteiger partial charge in [0, 0.05) is 0 Å². The van der Waals surface area contributed by atoms with Crippen molar-refractivity contribution in [2.75, 3.05) is 0 Å². The summed E-state index contributed by atoms with van der Waals surface area (Å²) in [4.78, 5) is 0. The Bertz CT molecular complexity index is 261. The monoisotopic (exact) mass is 210 g/mol. The van der Waals surface area contributed by atoms with E-state index in [9.17, 15) is 10.0 Å². The van der Waals surface area contributed by atoms with Crippen LogP contribution in [0.4, 0.5) is 0 Å². The maximum atomic E-state index is 10.1. The molecule has 0 bridgehead atoms. The van der Waals surface area contributed by atoms with E-state index in [4.69, 9.17) is 0 Å². The number of hydrogen-bond donors (Lipinski definition) is 0. The van der Waals surface area contributed by atoms with Crippen LogP contribution in [0.15, 0.2) is 18.2 Å². The molecule has 0 heterocycles. The first-order chi connectivity index (χ1) is 5.58. The molecule has 6 heteroatoms. The van der Waals surface area contributed by atoms with Gasteiger partial charge in [-0.1, -0.05) is 6.07 Å². The maximum Gasteiger partial charge on any atom is 1.00 e. The molecule has 0 saturated heterocycles. The molecule has 1 aromatic rings. The van der Waals surface area contributed by atoms with E-state index in [-0.39, 0.29) is 59.1 Å². The van der Waals surface area contributed by atoms with Gasteiger partial charge in [-0.15, -0.1) is 0 Å². The van der Waals surface area contributed by atoms with Gasteiger partial charge in [0.2, 0.25) is 0 Å². The molecule has 0 amide bonds. The fraction of sp³-hybridized carbons (Fsp3) is 0.250. The molecule has 0 saturated carbocycles. The van der Waals surface area contributed by atoms with E-state index in [0.717, 1.165) is 11.1 Å². The maximum absolute atomic E-state index is 10.1. The quantitative estimate of drug-likeness (QED) is 0.456. The predicted octanol–water partition coefficient (Wildman–Crippen LogP) is -6.60. The van der Waals surface area contributed by atoms with Crippen LogP contribution in [0.5, 0.6) is 5.75 Å². The summed E-state index contributed by atoms with van der Waals surface area (Å²) in [5, 5.41) is 20.3. The molecule has 0 aliphatic heterocycles. The Labute approximate surface area is 129 Å². The minimum atomic E-state index is -2.24. The largest absolute Gasteiger partial charge is 1.00 e. The van der Waals surface area contributed by atoms with E-state index in [1.165, 1.54) is 0 Å². The van der Waals surface area contributed by atoms with Gasteiger partial charge >= 0.3 is 59.1 Å². The topological polar surface area (TPSA) is 55.3 Å². The van der Waals surface area contributed by atoms with Crippen LogP contribution in [0.25, 0.3) is 0 Å². The molecule has 0 unspecified atom stereocenters. The van der Waals surface area contributed by atoms with Crippen molar-refractivity contribution in [3.63, 3.8) is 0 Å². The average molecular weight is 210 g/mol. The summed E-state index contributed by atoms with van der Waals surface area (Å²) < 4.78 is 4.46. The molecular formula is C8H9BNa2O3. The summed E-state index contributed by atoms with van der Waals surface area (Å²) in [6, 6.07) is 5.27. The summed E-state index contributed by atoms with van der Waals surface area (Å²) in [7, 11) is -2.24. The van der Waals surface area contributed by atoms with Crippen molar-refractivity contribution in [3.8, 4) is 5.75 Å². The van der Waals surface area contributed by atoms with Crippen molar-refractivity contribution in [1.82, 2.24) is 0 Å². The Morgan fingerprint density at radius 1 is 1.00 bits per heavy atom. The fourth-order valence-corrected chi connectivity index (χ4v) is 1.11. The molecular weight excluding hydrogens is 201 g/mol. The van der Waals surface area contributed by atoms with Gasteiger partial charge < -0.3 is 14.7 Å². The molecule has 0 aliphatic carbocycles. The third kappa shape index (κ3) is 6.48. The molecule has 0 N–H and O–H groups in total. The Morgan fingerprint density at radius 2 is 1.43 bits per heavy atom. The zero-order valence-corrected chi connectivity index (χ0v) is 13.0. The molecule has 0 aliphatic rings. The van der Waals surface area contributed by atoms with E-state index >= 15 is 0 Å². The number of hydrogen-bond acceptors (Lipinski definition) is 3. The number of rotatable bonds is 2. The van der Waals surface area contributed by atoms with Gasteiger partial charge in [0.1, 0.15) is 7.32 Å². The SMILES string of the molecule is Cc1cc(C)cc(OB([O-])[O-])c1.[Na+].[Na+]. The predicted molar refractivity (Wildman–Crippen MR) is 42.3 cm³/mol. The summed E-state index contributed by atoms with van der Waals surface area (Å²) in [6.45, 7) is 3.76. The molecule has 0 fully saturated rings. The molecule has 0 atom stereocenters. The summed E-state index contributed by atoms with van der Waals surface area (Å²) in [6.07, 6.45) is 0. The van der Waals surface area contributed by atoms with Crippen molar-refractivity contribution in [2.24, 2.45) is 0 Å². The van der Waals surface area contributed by atoms with Gasteiger partial charge in [-0.2, -0.15) is 0 Å². The minimum absolute atomic E-state index is 0. The first-order valence-corrected chi connectivity index (χ1v) is 3.64. The zero-order valence-electron chi connectivity index (χ0n) is 9.03. The summed E-state index contributed by atoms with van der Waals surface area (Å²) in [5.41, 5.74) is 1.95. The smallest absolute Gasteiger partial charge is 0.860 e. The first-order valence-electron chi connectivity index (χ1n) is 3.64. The second kappa shape index (κ2) is 8.19. The van der Waals surface area contributed by atoms with Crippen molar-refractivity contribution in [3.05, 3.63) is 29.3 Å². The van der Waals surface area contributed by atoms with Gasteiger partial charge in [-0.25, -0.2) is 0 Å². The summed E-state index contributed by atoms with van der Waals surface area (Å²) >= 11 is 0. The van der Waals surface area contributed by atoms with E-state index in [1.807, 2.05) is 19.9 Å². The first kappa shape index (κ1) is 17.4. The Morgan fingerprint density at radius 3 is 1.79 bits per heavy atom. The van der Waals surface area contributed by atoms with Crippen LogP contribution in [0.1, 0.15) is 11.1 Å². The van der Waals surface area contributed by atoms with Gasteiger partial charge in [0.25, 0.3) is 0 Å². The Hall–Kier alpha value is 1.00. The normalized spacial score (nSPS) is 8.29. The molecule has 0 radical (unpaired) electrons. The van der Waals surface area contributed by atoms with Gasteiger partial charge in [0.15, 0.2) is 0 Å². The minimum Gasteiger partial charge on any atom is -0.860 e. The molecule has 64 valence electrons. The van der Waals surface area contributed by atoms with Crippen LogP contribution in [-0.2, 0) is 0 Å². The number of benzene rings is 1. The molecule has 0 spiro atoms. The van der Waals surface area contributed by atoms with E-state index in [0.29, 0.717) is 5.75 Å². The van der Waals surface area contributed by atoms with Crippen LogP contribution < -0.4 is 73.8 Å². The molecule has 1 aromatic carbocycles. The van der Waals surface area contributed by atoms with Crippen LogP contribution in [0, 0.1) is 13.8 Å². The number of aryl methyl sites for hydroxylation is 2. The van der Waals surface area contributed by atoms with Gasteiger partial charge in [0.05, 0.1) is 5.75 Å². The van der Waals surface area contributed by atoms with Crippen LogP contribution in [0.3, 0.4) is 0 Å².